The van der Waals surface area contributed by atoms with Crippen molar-refractivity contribution in [2.75, 3.05) is 13.1 Å². The third-order valence-corrected chi connectivity index (χ3v) is 2.52. The number of hydrogen-bond acceptors (Lipinski definition) is 4. The van der Waals surface area contributed by atoms with Gasteiger partial charge in [-0.1, -0.05) is 0 Å². The highest BCUT2D eigenvalue weighted by atomic mass is 16.3. The van der Waals surface area contributed by atoms with Crippen molar-refractivity contribution >= 4 is 11.8 Å². The molecule has 0 aromatic rings. The number of nitrogens with two attached hydrogens (primary N) is 1. The van der Waals surface area contributed by atoms with E-state index in [9.17, 15) is 14.7 Å². The van der Waals surface area contributed by atoms with E-state index < -0.39 is 18.1 Å². The first-order valence-corrected chi connectivity index (χ1v) is 5.01. The fourth-order valence-electron chi connectivity index (χ4n) is 1.58. The van der Waals surface area contributed by atoms with Crippen LogP contribution in [0.5, 0.6) is 0 Å². The Balaban J connectivity index is 2.50. The Hall–Kier alpha value is -1.14. The first-order valence-electron chi connectivity index (χ1n) is 5.01. The fourth-order valence-corrected chi connectivity index (χ4v) is 1.58. The molecule has 0 aromatic heterocycles. The van der Waals surface area contributed by atoms with Crippen molar-refractivity contribution in [2.45, 2.75) is 25.5 Å². The lowest BCUT2D eigenvalue weighted by molar-refractivity contribution is -0.131. The van der Waals surface area contributed by atoms with Gasteiger partial charge in [-0.05, 0) is 19.9 Å². The van der Waals surface area contributed by atoms with Crippen molar-refractivity contribution in [3.8, 4) is 0 Å². The molecule has 0 saturated carbocycles. The quantitative estimate of drug-likeness (QED) is 0.433. The summed E-state index contributed by atoms with van der Waals surface area (Å²) in [5.74, 6) is -1.08. The minimum Gasteiger partial charge on any atom is -0.391 e. The number of amides is 2. The Kier molecular flexibility index (Phi) is 4.05. The molecule has 3 atom stereocenters. The molecule has 1 saturated heterocycles. The van der Waals surface area contributed by atoms with E-state index in [1.165, 1.54) is 6.92 Å². The maximum atomic E-state index is 11.6. The number of aliphatic hydroxyl groups is 1. The average Bonchev–Trinajstić information content (AvgIpc) is 2.65. The molecule has 1 rings (SSSR count). The molecule has 6 nitrogen and oxygen atoms in total. The molecule has 5 N–H and O–H groups in total. The summed E-state index contributed by atoms with van der Waals surface area (Å²) in [5, 5.41) is 14.7. The molecule has 6 heteroatoms. The van der Waals surface area contributed by atoms with Gasteiger partial charge in [0.1, 0.15) is 6.04 Å². The van der Waals surface area contributed by atoms with Crippen molar-refractivity contribution < 1.29 is 14.7 Å². The van der Waals surface area contributed by atoms with Gasteiger partial charge >= 0.3 is 0 Å². The number of nitrogens with one attached hydrogen (secondary N) is 2. The van der Waals surface area contributed by atoms with Crippen molar-refractivity contribution in [3.05, 3.63) is 0 Å². The molecule has 0 unspecified atom stereocenters. The van der Waals surface area contributed by atoms with Crippen LogP contribution in [-0.2, 0) is 9.59 Å². The minimum atomic E-state index is -1.00. The number of carbonyl (C=O) groups is 2. The number of aliphatic hydroxyl groups excluding tert-OH is 1. The van der Waals surface area contributed by atoms with E-state index in [2.05, 4.69) is 10.6 Å². The zero-order chi connectivity index (χ0) is 11.4. The van der Waals surface area contributed by atoms with Crippen LogP contribution in [0.1, 0.15) is 13.3 Å². The Labute approximate surface area is 88.2 Å². The molecule has 86 valence electrons. The van der Waals surface area contributed by atoms with Crippen LogP contribution in [0.3, 0.4) is 0 Å². The third-order valence-electron chi connectivity index (χ3n) is 2.52. The predicted octanol–water partition coefficient (Wildman–Crippen LogP) is -2.05. The summed E-state index contributed by atoms with van der Waals surface area (Å²) >= 11 is 0. The number of carbonyl (C=O) groups excluding carboxylic acids is 2. The topological polar surface area (TPSA) is 104 Å². The minimum absolute atomic E-state index is 0.134. The SMILES string of the molecule is C[C@@H](O)[C@H](NC(=O)[C@@H]1CCNC1)C(N)=O. The largest absolute Gasteiger partial charge is 0.391 e. The maximum Gasteiger partial charge on any atom is 0.242 e. The van der Waals surface area contributed by atoms with E-state index in [-0.39, 0.29) is 11.8 Å². The Morgan fingerprint density at radius 2 is 2.27 bits per heavy atom. The summed E-state index contributed by atoms with van der Waals surface area (Å²) in [5.41, 5.74) is 5.06. The van der Waals surface area contributed by atoms with Crippen LogP contribution < -0.4 is 16.4 Å². The summed E-state index contributed by atoms with van der Waals surface area (Å²) in [6, 6.07) is -1.00. The molecular formula is C9H17N3O3. The van der Waals surface area contributed by atoms with Crippen LogP contribution in [0, 0.1) is 5.92 Å². The standard InChI is InChI=1S/C9H17N3O3/c1-5(13)7(8(10)14)12-9(15)6-2-3-11-4-6/h5-7,11,13H,2-4H2,1H3,(H2,10,14)(H,12,15)/t5-,6-,7+/m1/s1. The van der Waals surface area contributed by atoms with E-state index in [1.54, 1.807) is 0 Å². The van der Waals surface area contributed by atoms with Gasteiger partial charge in [0.25, 0.3) is 0 Å². The lowest BCUT2D eigenvalue weighted by atomic mass is 10.1. The van der Waals surface area contributed by atoms with Crippen LogP contribution in [0.4, 0.5) is 0 Å². The maximum absolute atomic E-state index is 11.6. The lowest BCUT2D eigenvalue weighted by Gasteiger charge is -2.19. The van der Waals surface area contributed by atoms with Gasteiger partial charge in [0.15, 0.2) is 0 Å². The molecule has 0 bridgehead atoms. The van der Waals surface area contributed by atoms with Crippen molar-refractivity contribution in [3.63, 3.8) is 0 Å². The average molecular weight is 215 g/mol. The smallest absolute Gasteiger partial charge is 0.242 e. The first-order chi connectivity index (χ1) is 7.02. The second-order valence-electron chi connectivity index (χ2n) is 3.82. The summed E-state index contributed by atoms with van der Waals surface area (Å²) in [7, 11) is 0. The van der Waals surface area contributed by atoms with Gasteiger partial charge in [0, 0.05) is 6.54 Å². The monoisotopic (exact) mass is 215 g/mol. The number of primary amides is 1. The van der Waals surface area contributed by atoms with E-state index in [0.29, 0.717) is 6.54 Å². The second kappa shape index (κ2) is 5.09. The molecule has 1 aliphatic rings. The van der Waals surface area contributed by atoms with Crippen molar-refractivity contribution in [1.82, 2.24) is 10.6 Å². The van der Waals surface area contributed by atoms with Crippen molar-refractivity contribution in [2.24, 2.45) is 11.7 Å². The summed E-state index contributed by atoms with van der Waals surface area (Å²) in [4.78, 5) is 22.5. The number of hydrogen-bond donors (Lipinski definition) is 4. The molecule has 1 fully saturated rings. The van der Waals surface area contributed by atoms with E-state index >= 15 is 0 Å². The van der Waals surface area contributed by atoms with E-state index in [4.69, 9.17) is 5.73 Å². The van der Waals surface area contributed by atoms with Gasteiger partial charge in [-0.2, -0.15) is 0 Å². The van der Waals surface area contributed by atoms with Crippen LogP contribution in [0.15, 0.2) is 0 Å². The molecule has 1 heterocycles. The molecule has 0 spiro atoms. The van der Waals surface area contributed by atoms with Gasteiger partial charge in [0.05, 0.1) is 12.0 Å². The molecule has 0 aliphatic carbocycles. The van der Waals surface area contributed by atoms with Crippen LogP contribution in [0.25, 0.3) is 0 Å². The highest BCUT2D eigenvalue weighted by Crippen LogP contribution is 2.08. The lowest BCUT2D eigenvalue weighted by Crippen LogP contribution is -2.52. The summed E-state index contributed by atoms with van der Waals surface area (Å²) in [6.07, 6.45) is -0.224. The van der Waals surface area contributed by atoms with Gasteiger partial charge < -0.3 is 21.5 Å². The fraction of sp³-hybridized carbons (Fsp3) is 0.778. The van der Waals surface area contributed by atoms with Gasteiger partial charge in [0.2, 0.25) is 11.8 Å². The molecular weight excluding hydrogens is 198 g/mol. The van der Waals surface area contributed by atoms with Crippen LogP contribution in [-0.4, -0.2) is 42.2 Å². The van der Waals surface area contributed by atoms with E-state index in [1.807, 2.05) is 0 Å². The second-order valence-corrected chi connectivity index (χ2v) is 3.82. The van der Waals surface area contributed by atoms with Crippen LogP contribution in [0.2, 0.25) is 0 Å². The summed E-state index contributed by atoms with van der Waals surface area (Å²) < 4.78 is 0. The van der Waals surface area contributed by atoms with E-state index in [0.717, 1.165) is 13.0 Å². The highest BCUT2D eigenvalue weighted by molar-refractivity contribution is 5.88. The van der Waals surface area contributed by atoms with Crippen molar-refractivity contribution in [1.29, 1.82) is 0 Å². The highest BCUT2D eigenvalue weighted by Gasteiger charge is 2.28. The Bertz CT molecular complexity index is 249. The predicted molar refractivity (Wildman–Crippen MR) is 53.8 cm³/mol. The summed E-state index contributed by atoms with van der Waals surface area (Å²) in [6.45, 7) is 2.83. The number of rotatable bonds is 4. The molecule has 0 radical (unpaired) electrons. The molecule has 2 amide bonds. The normalized spacial score (nSPS) is 24.5. The third kappa shape index (κ3) is 3.17. The zero-order valence-corrected chi connectivity index (χ0v) is 8.69. The Morgan fingerprint density at radius 3 is 2.67 bits per heavy atom. The molecule has 1 aliphatic heterocycles. The molecule has 15 heavy (non-hydrogen) atoms. The Morgan fingerprint density at radius 1 is 1.60 bits per heavy atom. The van der Waals surface area contributed by atoms with Gasteiger partial charge in [-0.25, -0.2) is 0 Å². The first kappa shape index (κ1) is 11.9. The zero-order valence-electron chi connectivity index (χ0n) is 8.69. The van der Waals surface area contributed by atoms with Gasteiger partial charge in [-0.3, -0.25) is 9.59 Å². The van der Waals surface area contributed by atoms with Crippen LogP contribution >= 0.6 is 0 Å². The molecule has 0 aromatic carbocycles. The van der Waals surface area contributed by atoms with Gasteiger partial charge in [-0.15, -0.1) is 0 Å².